The van der Waals surface area contributed by atoms with Crippen LogP contribution in [0.3, 0.4) is 0 Å². The summed E-state index contributed by atoms with van der Waals surface area (Å²) in [5.41, 5.74) is 0.985. The van der Waals surface area contributed by atoms with Gasteiger partial charge < -0.3 is 9.88 Å². The molecule has 120 valence electrons. The highest BCUT2D eigenvalue weighted by Crippen LogP contribution is 2.18. The first kappa shape index (κ1) is 17.0. The standard InChI is InChI=1S/C16H19N5OS/c1-2-3-6-9-21-12-18-20-16(21)23-11-15(22)19-14-8-5-4-7-13(14)10-17/h4-5,7-8,12H,2-3,6,9,11H2,1H3,(H,19,22). The summed E-state index contributed by atoms with van der Waals surface area (Å²) in [4.78, 5) is 12.0. The minimum absolute atomic E-state index is 0.166. The van der Waals surface area contributed by atoms with Crippen LogP contribution >= 0.6 is 11.8 Å². The summed E-state index contributed by atoms with van der Waals surface area (Å²) in [6.45, 7) is 3.02. The van der Waals surface area contributed by atoms with E-state index in [1.54, 1.807) is 30.6 Å². The van der Waals surface area contributed by atoms with Gasteiger partial charge >= 0.3 is 0 Å². The fourth-order valence-corrected chi connectivity index (χ4v) is 2.79. The predicted molar refractivity (Wildman–Crippen MR) is 90.1 cm³/mol. The van der Waals surface area contributed by atoms with E-state index in [0.717, 1.165) is 31.0 Å². The van der Waals surface area contributed by atoms with Gasteiger partial charge in [-0.2, -0.15) is 5.26 Å². The van der Waals surface area contributed by atoms with Crippen LogP contribution in [0.5, 0.6) is 0 Å². The Balaban J connectivity index is 1.88. The van der Waals surface area contributed by atoms with E-state index in [0.29, 0.717) is 11.3 Å². The molecular formula is C16H19N5OS. The first-order valence-electron chi connectivity index (χ1n) is 7.54. The van der Waals surface area contributed by atoms with E-state index in [1.807, 2.05) is 4.57 Å². The normalized spacial score (nSPS) is 10.3. The lowest BCUT2D eigenvalue weighted by Gasteiger charge is -2.07. The van der Waals surface area contributed by atoms with Crippen LogP contribution in [0.15, 0.2) is 35.7 Å². The zero-order chi connectivity index (χ0) is 16.5. The highest BCUT2D eigenvalue weighted by atomic mass is 32.2. The molecule has 0 saturated heterocycles. The van der Waals surface area contributed by atoms with Gasteiger partial charge in [0.25, 0.3) is 0 Å². The summed E-state index contributed by atoms with van der Waals surface area (Å²) in [5, 5.41) is 20.5. The van der Waals surface area contributed by atoms with Crippen molar-refractivity contribution < 1.29 is 4.79 Å². The number of hydrogen-bond acceptors (Lipinski definition) is 5. The Labute approximate surface area is 139 Å². The molecule has 0 bridgehead atoms. The lowest BCUT2D eigenvalue weighted by Crippen LogP contribution is -2.15. The Morgan fingerprint density at radius 1 is 1.39 bits per heavy atom. The van der Waals surface area contributed by atoms with Crippen molar-refractivity contribution in [1.29, 1.82) is 5.26 Å². The van der Waals surface area contributed by atoms with Gasteiger partial charge in [0.1, 0.15) is 12.4 Å². The van der Waals surface area contributed by atoms with Gasteiger partial charge in [-0.15, -0.1) is 10.2 Å². The van der Waals surface area contributed by atoms with Crippen LogP contribution < -0.4 is 5.32 Å². The van der Waals surface area contributed by atoms with Crippen molar-refractivity contribution in [2.75, 3.05) is 11.1 Å². The number of thioether (sulfide) groups is 1. The second-order valence-electron chi connectivity index (χ2n) is 5.01. The van der Waals surface area contributed by atoms with E-state index in [-0.39, 0.29) is 11.7 Å². The third-order valence-corrected chi connectivity index (χ3v) is 4.22. The van der Waals surface area contributed by atoms with Crippen LogP contribution in [-0.2, 0) is 11.3 Å². The van der Waals surface area contributed by atoms with E-state index < -0.39 is 0 Å². The molecule has 2 aromatic rings. The largest absolute Gasteiger partial charge is 0.324 e. The molecule has 2 rings (SSSR count). The highest BCUT2D eigenvalue weighted by Gasteiger charge is 2.10. The van der Waals surface area contributed by atoms with Gasteiger partial charge in [-0.3, -0.25) is 4.79 Å². The van der Waals surface area contributed by atoms with E-state index >= 15 is 0 Å². The lowest BCUT2D eigenvalue weighted by molar-refractivity contribution is -0.113. The van der Waals surface area contributed by atoms with Crippen molar-refractivity contribution in [3.05, 3.63) is 36.2 Å². The van der Waals surface area contributed by atoms with Crippen LogP contribution in [0.4, 0.5) is 5.69 Å². The van der Waals surface area contributed by atoms with Gasteiger partial charge in [0.15, 0.2) is 5.16 Å². The van der Waals surface area contributed by atoms with Crippen molar-refractivity contribution in [3.63, 3.8) is 0 Å². The predicted octanol–water partition coefficient (Wildman–Crippen LogP) is 3.07. The smallest absolute Gasteiger partial charge is 0.234 e. The molecule has 0 saturated carbocycles. The average molecular weight is 329 g/mol. The fourth-order valence-electron chi connectivity index (χ4n) is 2.05. The topological polar surface area (TPSA) is 83.6 Å². The third kappa shape index (κ3) is 5.11. The molecule has 6 nitrogen and oxygen atoms in total. The van der Waals surface area contributed by atoms with Crippen LogP contribution in [0.2, 0.25) is 0 Å². The number of unbranched alkanes of at least 4 members (excludes halogenated alkanes) is 2. The number of anilines is 1. The van der Waals surface area contributed by atoms with Crippen LogP contribution in [0.1, 0.15) is 31.7 Å². The van der Waals surface area contributed by atoms with Crippen molar-refractivity contribution >= 4 is 23.4 Å². The van der Waals surface area contributed by atoms with Crippen LogP contribution in [0, 0.1) is 11.3 Å². The monoisotopic (exact) mass is 329 g/mol. The molecule has 1 amide bonds. The number of rotatable bonds is 8. The minimum Gasteiger partial charge on any atom is -0.324 e. The zero-order valence-corrected chi connectivity index (χ0v) is 13.8. The number of carbonyl (C=O) groups excluding carboxylic acids is 1. The number of hydrogen-bond donors (Lipinski definition) is 1. The van der Waals surface area contributed by atoms with Crippen LogP contribution in [-0.4, -0.2) is 26.4 Å². The first-order valence-corrected chi connectivity index (χ1v) is 8.52. The average Bonchev–Trinajstić information content (AvgIpc) is 3.01. The number of aromatic nitrogens is 3. The maximum absolute atomic E-state index is 12.0. The quantitative estimate of drug-likeness (QED) is 0.594. The Morgan fingerprint density at radius 2 is 2.22 bits per heavy atom. The minimum atomic E-state index is -0.166. The van der Waals surface area contributed by atoms with Gasteiger partial charge in [0, 0.05) is 6.54 Å². The molecule has 0 aliphatic rings. The second-order valence-corrected chi connectivity index (χ2v) is 5.95. The van der Waals surface area contributed by atoms with Gasteiger partial charge in [0.05, 0.1) is 17.0 Å². The molecule has 0 aliphatic heterocycles. The summed E-state index contributed by atoms with van der Waals surface area (Å²) in [5.74, 6) is 0.0625. The van der Waals surface area contributed by atoms with E-state index in [2.05, 4.69) is 28.5 Å². The molecule has 0 radical (unpaired) electrons. The lowest BCUT2D eigenvalue weighted by atomic mass is 10.2. The van der Waals surface area contributed by atoms with E-state index in [9.17, 15) is 4.79 Å². The van der Waals surface area contributed by atoms with Gasteiger partial charge in [0.2, 0.25) is 5.91 Å². The molecule has 1 heterocycles. The number of para-hydroxylation sites is 1. The van der Waals surface area contributed by atoms with Gasteiger partial charge in [-0.25, -0.2) is 0 Å². The molecule has 0 fully saturated rings. The third-order valence-electron chi connectivity index (χ3n) is 3.24. The van der Waals surface area contributed by atoms with Gasteiger partial charge in [-0.1, -0.05) is 43.7 Å². The summed E-state index contributed by atoms with van der Waals surface area (Å²) in [6.07, 6.45) is 5.09. The number of aryl methyl sites for hydroxylation is 1. The zero-order valence-electron chi connectivity index (χ0n) is 13.0. The van der Waals surface area contributed by atoms with Crippen molar-refractivity contribution in [1.82, 2.24) is 14.8 Å². The van der Waals surface area contributed by atoms with Crippen LogP contribution in [0.25, 0.3) is 0 Å². The molecule has 0 atom stereocenters. The molecule has 1 N–H and O–H groups in total. The number of nitrogens with zero attached hydrogens (tertiary/aromatic N) is 4. The summed E-state index contributed by atoms with van der Waals surface area (Å²) >= 11 is 1.35. The number of benzene rings is 1. The number of nitriles is 1. The summed E-state index contributed by atoms with van der Waals surface area (Å²) in [7, 11) is 0. The molecule has 0 aliphatic carbocycles. The van der Waals surface area contributed by atoms with E-state index in [4.69, 9.17) is 5.26 Å². The van der Waals surface area contributed by atoms with E-state index in [1.165, 1.54) is 11.8 Å². The van der Waals surface area contributed by atoms with Gasteiger partial charge in [-0.05, 0) is 18.6 Å². The van der Waals surface area contributed by atoms with Crippen molar-refractivity contribution in [2.45, 2.75) is 37.9 Å². The summed E-state index contributed by atoms with van der Waals surface area (Å²) in [6, 6.07) is 9.00. The number of amides is 1. The summed E-state index contributed by atoms with van der Waals surface area (Å²) < 4.78 is 1.97. The molecule has 0 spiro atoms. The fraction of sp³-hybridized carbons (Fsp3) is 0.375. The highest BCUT2D eigenvalue weighted by molar-refractivity contribution is 7.99. The van der Waals surface area contributed by atoms with Crippen molar-refractivity contribution in [3.8, 4) is 6.07 Å². The maximum Gasteiger partial charge on any atom is 0.234 e. The molecule has 0 unspecified atom stereocenters. The molecule has 7 heteroatoms. The number of nitrogens with one attached hydrogen (secondary N) is 1. The first-order chi connectivity index (χ1) is 11.2. The second kappa shape index (κ2) is 8.96. The Bertz CT molecular complexity index is 692. The Morgan fingerprint density at radius 3 is 3.00 bits per heavy atom. The SMILES string of the molecule is CCCCCn1cnnc1SCC(=O)Nc1ccccc1C#N. The number of carbonyl (C=O) groups is 1. The molecule has 1 aromatic carbocycles. The Kier molecular flexibility index (Phi) is 6.63. The van der Waals surface area contributed by atoms with Crippen molar-refractivity contribution in [2.24, 2.45) is 0 Å². The maximum atomic E-state index is 12.0. The Hall–Kier alpha value is -2.33. The molecule has 1 aromatic heterocycles. The molecule has 23 heavy (non-hydrogen) atoms. The molecular weight excluding hydrogens is 310 g/mol.